The maximum atomic E-state index is 11.2. The van der Waals surface area contributed by atoms with Crippen LogP contribution in [0.3, 0.4) is 0 Å². The first-order valence-electron chi connectivity index (χ1n) is 14.6. The molecule has 216 valence electrons. The van der Waals surface area contributed by atoms with E-state index in [9.17, 15) is 15.3 Å². The van der Waals surface area contributed by atoms with Gasteiger partial charge in [0.25, 0.3) is 0 Å². The molecule has 0 aromatic carbocycles. The van der Waals surface area contributed by atoms with Gasteiger partial charge in [-0.1, -0.05) is 12.8 Å². The predicted molar refractivity (Wildman–Crippen MR) is 155 cm³/mol. The minimum Gasteiger partial charge on any atom is -0.390 e. The molecule has 3 aromatic heterocycles. The molecule has 40 heavy (non-hydrogen) atoms. The number of aliphatic hydroxyl groups excluding tert-OH is 2. The highest BCUT2D eigenvalue weighted by molar-refractivity contribution is 7.21. The summed E-state index contributed by atoms with van der Waals surface area (Å²) in [4.78, 5) is 19.0. The Morgan fingerprint density at radius 3 is 2.55 bits per heavy atom. The molecule has 0 spiro atoms. The number of nitrogens with one attached hydrogen (secondary N) is 2. The summed E-state index contributed by atoms with van der Waals surface area (Å²) in [7, 11) is 0. The number of ether oxygens (including phenoxy) is 1. The summed E-state index contributed by atoms with van der Waals surface area (Å²) in [6, 6.07) is 1.49. The first kappa shape index (κ1) is 27.7. The van der Waals surface area contributed by atoms with Gasteiger partial charge in [0.15, 0.2) is 0 Å². The second kappa shape index (κ2) is 11.1. The average Bonchev–Trinajstić information content (AvgIpc) is 3.60. The van der Waals surface area contributed by atoms with Crippen LogP contribution in [0.4, 0.5) is 11.8 Å². The van der Waals surface area contributed by atoms with Crippen LogP contribution in [-0.4, -0.2) is 78.4 Å². The molecule has 3 heterocycles. The van der Waals surface area contributed by atoms with Gasteiger partial charge in [0.05, 0.1) is 45.5 Å². The van der Waals surface area contributed by atoms with Crippen LogP contribution in [0.2, 0.25) is 0 Å². The van der Waals surface area contributed by atoms with Gasteiger partial charge >= 0.3 is 0 Å². The highest BCUT2D eigenvalue weighted by Crippen LogP contribution is 2.45. The number of hydrogen-bond acceptors (Lipinski definition) is 11. The Morgan fingerprint density at radius 2 is 1.82 bits per heavy atom. The molecule has 0 amide bonds. The van der Waals surface area contributed by atoms with Crippen LogP contribution in [-0.2, 0) is 4.74 Å². The van der Waals surface area contributed by atoms with E-state index in [1.165, 1.54) is 0 Å². The normalized spacial score (nSPS) is 29.6. The average molecular weight is 569 g/mol. The number of aliphatic hydroxyl groups is 3. The standard InChI is InChI=1S/C29H40N6O4S/c1-4-39-18-11-17(12-18)14-31-28-32-15(2)22(27-34-23-16(3)30-10-7-21(23)40-27)26(35-28)33-20-13-19(24(36)25(20)37)29(38)8-5-6-9-29/h7,10,17-20,24-25,36-38H,4-6,8-9,11-14H2,1-3H3,(H2,31,32,33,35)/t17?,18?,19-,20+,24+,25-/m0/s1. The van der Waals surface area contributed by atoms with E-state index < -0.39 is 23.9 Å². The number of pyridine rings is 1. The predicted octanol–water partition coefficient (Wildman–Crippen LogP) is 3.82. The number of fused-ring (bicyclic) bond motifs is 1. The minimum atomic E-state index is -1.03. The van der Waals surface area contributed by atoms with Gasteiger partial charge in [-0.15, -0.1) is 11.3 Å². The zero-order valence-corrected chi connectivity index (χ0v) is 24.2. The molecular weight excluding hydrogens is 528 g/mol. The fourth-order valence-electron chi connectivity index (χ4n) is 6.79. The fourth-order valence-corrected chi connectivity index (χ4v) is 7.90. The van der Waals surface area contributed by atoms with Gasteiger partial charge in [-0.3, -0.25) is 4.98 Å². The lowest BCUT2D eigenvalue weighted by Crippen LogP contribution is -2.42. The summed E-state index contributed by atoms with van der Waals surface area (Å²) < 4.78 is 6.73. The van der Waals surface area contributed by atoms with Crippen molar-refractivity contribution in [3.05, 3.63) is 23.7 Å². The van der Waals surface area contributed by atoms with Crippen molar-refractivity contribution in [1.82, 2.24) is 19.9 Å². The van der Waals surface area contributed by atoms with Gasteiger partial charge in [-0.2, -0.15) is 4.98 Å². The minimum absolute atomic E-state index is 0.342. The molecule has 11 heteroatoms. The number of aryl methyl sites for hydroxylation is 2. The first-order valence-corrected chi connectivity index (χ1v) is 15.4. The molecule has 3 aliphatic rings. The summed E-state index contributed by atoms with van der Waals surface area (Å²) in [6.07, 6.45) is 5.80. The Bertz CT molecular complexity index is 1360. The highest BCUT2D eigenvalue weighted by atomic mass is 32.1. The van der Waals surface area contributed by atoms with Crippen LogP contribution in [0.1, 0.15) is 63.3 Å². The Balaban J connectivity index is 1.30. The molecule has 3 aliphatic carbocycles. The number of rotatable bonds is 9. The van der Waals surface area contributed by atoms with Crippen molar-refractivity contribution in [3.8, 4) is 10.6 Å². The lowest BCUT2D eigenvalue weighted by molar-refractivity contribution is -0.0763. The third-order valence-corrected chi connectivity index (χ3v) is 10.1. The van der Waals surface area contributed by atoms with Gasteiger partial charge in [0, 0.05) is 25.3 Å². The summed E-state index contributed by atoms with van der Waals surface area (Å²) in [5, 5.41) is 40.9. The molecule has 0 unspecified atom stereocenters. The number of thiazole rings is 1. The van der Waals surface area contributed by atoms with Crippen LogP contribution < -0.4 is 10.6 Å². The summed E-state index contributed by atoms with van der Waals surface area (Å²) >= 11 is 1.56. The molecule has 4 atom stereocenters. The molecule has 3 aromatic rings. The van der Waals surface area contributed by atoms with Crippen LogP contribution >= 0.6 is 11.3 Å². The molecule has 10 nitrogen and oxygen atoms in total. The smallest absolute Gasteiger partial charge is 0.224 e. The van der Waals surface area contributed by atoms with Crippen LogP contribution in [0, 0.1) is 25.7 Å². The third kappa shape index (κ3) is 5.18. The zero-order chi connectivity index (χ0) is 28.0. The maximum absolute atomic E-state index is 11.2. The molecule has 0 radical (unpaired) electrons. The largest absolute Gasteiger partial charge is 0.390 e. The van der Waals surface area contributed by atoms with E-state index in [4.69, 9.17) is 19.7 Å². The van der Waals surface area contributed by atoms with E-state index in [-0.39, 0.29) is 5.92 Å². The quantitative estimate of drug-likeness (QED) is 0.258. The van der Waals surface area contributed by atoms with Crippen LogP contribution in [0.5, 0.6) is 0 Å². The van der Waals surface area contributed by atoms with E-state index in [0.717, 1.165) is 71.0 Å². The molecule has 3 fully saturated rings. The van der Waals surface area contributed by atoms with Gasteiger partial charge in [0.2, 0.25) is 5.95 Å². The lowest BCUT2D eigenvalue weighted by atomic mass is 9.82. The van der Waals surface area contributed by atoms with E-state index in [1.807, 2.05) is 26.8 Å². The highest BCUT2D eigenvalue weighted by Gasteiger charge is 2.52. The summed E-state index contributed by atoms with van der Waals surface area (Å²) in [5.74, 6) is 1.20. The van der Waals surface area contributed by atoms with Crippen molar-refractivity contribution in [2.75, 3.05) is 23.8 Å². The van der Waals surface area contributed by atoms with E-state index in [1.54, 1.807) is 17.5 Å². The second-order valence-corrected chi connectivity index (χ2v) is 12.8. The second-order valence-electron chi connectivity index (χ2n) is 11.8. The number of nitrogens with zero attached hydrogens (tertiary/aromatic N) is 4. The maximum Gasteiger partial charge on any atom is 0.224 e. The molecule has 0 bridgehead atoms. The topological polar surface area (TPSA) is 146 Å². The van der Waals surface area contributed by atoms with Gasteiger partial charge in [0.1, 0.15) is 22.4 Å². The lowest BCUT2D eigenvalue weighted by Gasteiger charge is -2.35. The Hall–Kier alpha value is -2.44. The number of aromatic nitrogens is 4. The van der Waals surface area contributed by atoms with E-state index in [0.29, 0.717) is 43.1 Å². The van der Waals surface area contributed by atoms with Crippen molar-refractivity contribution in [3.63, 3.8) is 0 Å². The van der Waals surface area contributed by atoms with Crippen molar-refractivity contribution < 1.29 is 20.1 Å². The van der Waals surface area contributed by atoms with Crippen molar-refractivity contribution in [2.45, 2.75) is 95.7 Å². The van der Waals surface area contributed by atoms with Gasteiger partial charge in [-0.05, 0) is 64.9 Å². The molecule has 6 rings (SSSR count). The Morgan fingerprint density at radius 1 is 1.05 bits per heavy atom. The van der Waals surface area contributed by atoms with Crippen LogP contribution in [0.15, 0.2) is 12.3 Å². The monoisotopic (exact) mass is 568 g/mol. The van der Waals surface area contributed by atoms with Crippen LogP contribution in [0.25, 0.3) is 20.8 Å². The number of anilines is 2. The number of hydrogen-bond donors (Lipinski definition) is 5. The van der Waals surface area contributed by atoms with E-state index in [2.05, 4.69) is 15.6 Å². The first-order chi connectivity index (χ1) is 19.3. The van der Waals surface area contributed by atoms with Crippen molar-refractivity contribution in [1.29, 1.82) is 0 Å². The molecular formula is C29H40N6O4S. The Labute approximate surface area is 238 Å². The third-order valence-electron chi connectivity index (χ3n) is 9.10. The SMILES string of the molecule is CCOC1CC(CNc2nc(C)c(-c3nc4c(C)nccc4s3)c(N[C@@H]3C[C@H](C4(O)CCCC4)[C@@H](O)[C@H]3O)n2)C1. The molecule has 3 saturated carbocycles. The van der Waals surface area contributed by atoms with Gasteiger partial charge < -0.3 is 30.7 Å². The van der Waals surface area contributed by atoms with Gasteiger partial charge in [-0.25, -0.2) is 9.97 Å². The zero-order valence-electron chi connectivity index (χ0n) is 23.4. The summed E-state index contributed by atoms with van der Waals surface area (Å²) in [6.45, 7) is 7.42. The van der Waals surface area contributed by atoms with E-state index >= 15 is 0 Å². The molecule has 5 N–H and O–H groups in total. The Kier molecular flexibility index (Phi) is 7.69. The summed E-state index contributed by atoms with van der Waals surface area (Å²) in [5.41, 5.74) is 2.32. The molecule has 0 aliphatic heterocycles. The molecule has 0 saturated heterocycles. The van der Waals surface area contributed by atoms with Crippen molar-refractivity contribution >= 4 is 33.3 Å². The fraction of sp³-hybridized carbons (Fsp3) is 0.655. The van der Waals surface area contributed by atoms with Crippen molar-refractivity contribution in [2.24, 2.45) is 11.8 Å².